The lowest BCUT2D eigenvalue weighted by Gasteiger charge is -2.44. The van der Waals surface area contributed by atoms with Crippen LogP contribution in [0.3, 0.4) is 0 Å². The third-order valence-corrected chi connectivity index (χ3v) is 5.44. The van der Waals surface area contributed by atoms with E-state index in [4.69, 9.17) is 11.6 Å². The van der Waals surface area contributed by atoms with Crippen molar-refractivity contribution in [3.63, 3.8) is 0 Å². The molecule has 1 fully saturated rings. The van der Waals surface area contributed by atoms with Crippen molar-refractivity contribution in [3.8, 4) is 0 Å². The zero-order valence-corrected chi connectivity index (χ0v) is 13.8. The summed E-state index contributed by atoms with van der Waals surface area (Å²) in [6.45, 7) is 4.09. The van der Waals surface area contributed by atoms with Gasteiger partial charge in [0.05, 0.1) is 11.6 Å². The number of benzene rings is 1. The lowest BCUT2D eigenvalue weighted by Crippen LogP contribution is -2.60. The molecule has 0 saturated carbocycles. The lowest BCUT2D eigenvalue weighted by molar-refractivity contribution is -0.122. The average Bonchev–Trinajstić information content (AvgIpc) is 3.03. The number of nitrogens with zero attached hydrogens (tertiary/aromatic N) is 3. The van der Waals surface area contributed by atoms with Crippen molar-refractivity contribution in [2.24, 2.45) is 15.4 Å². The average molecular weight is 332 g/mol. The first-order valence-electron chi connectivity index (χ1n) is 7.77. The number of carbonyl (C=O) groups excluding carboxylic acids is 1. The third-order valence-electron chi connectivity index (χ3n) is 5.21. The molecule has 4 atom stereocenters. The highest BCUT2D eigenvalue weighted by atomic mass is 35.5. The van der Waals surface area contributed by atoms with Gasteiger partial charge in [-0.15, -0.1) is 5.10 Å². The van der Waals surface area contributed by atoms with Crippen molar-refractivity contribution in [1.82, 2.24) is 5.32 Å². The molecule has 1 spiro atoms. The van der Waals surface area contributed by atoms with Crippen LogP contribution in [0.5, 0.6) is 0 Å². The van der Waals surface area contributed by atoms with E-state index in [1.54, 1.807) is 6.21 Å². The molecule has 0 aliphatic carbocycles. The molecule has 120 valence electrons. The van der Waals surface area contributed by atoms with Gasteiger partial charge in [0, 0.05) is 22.8 Å². The summed E-state index contributed by atoms with van der Waals surface area (Å²) in [5, 5.41) is 19.1. The number of anilines is 1. The molecule has 4 rings (SSSR count). The highest BCUT2D eigenvalue weighted by Crippen LogP contribution is 2.48. The minimum atomic E-state index is -0.551. The Labute approximate surface area is 139 Å². The Bertz CT molecular complexity index is 734. The maximum atomic E-state index is 12.9. The second-order valence-corrected chi connectivity index (χ2v) is 7.35. The number of rotatable bonds is 1. The molecule has 3 aliphatic heterocycles. The number of hydrogen-bond donors (Lipinski definition) is 2. The van der Waals surface area contributed by atoms with Gasteiger partial charge in [0.2, 0.25) is 5.91 Å². The summed E-state index contributed by atoms with van der Waals surface area (Å²) in [6.07, 6.45) is 3.15. The topological polar surface area (TPSA) is 78.2 Å². The maximum absolute atomic E-state index is 12.9. The zero-order valence-electron chi connectivity index (χ0n) is 13.0. The van der Waals surface area contributed by atoms with Crippen LogP contribution in [-0.4, -0.2) is 29.7 Å². The smallest absolute Gasteiger partial charge is 0.235 e. The molecule has 3 heterocycles. The highest BCUT2D eigenvalue weighted by molar-refractivity contribution is 6.31. The number of piperidine rings is 1. The van der Waals surface area contributed by atoms with Crippen LogP contribution in [0.4, 0.5) is 5.69 Å². The molecule has 7 heteroatoms. The maximum Gasteiger partial charge on any atom is 0.235 e. The number of carbonyl (C=O) groups is 1. The molecule has 1 aromatic rings. The van der Waals surface area contributed by atoms with E-state index in [1.807, 2.05) is 25.1 Å². The first kappa shape index (κ1) is 14.8. The summed E-state index contributed by atoms with van der Waals surface area (Å²) in [7, 11) is 0. The Hall–Kier alpha value is -1.79. The van der Waals surface area contributed by atoms with Crippen LogP contribution in [0.15, 0.2) is 33.6 Å². The molecule has 0 bridgehead atoms. The zero-order chi connectivity index (χ0) is 16.2. The van der Waals surface area contributed by atoms with Crippen LogP contribution in [0.2, 0.25) is 5.02 Å². The second kappa shape index (κ2) is 4.85. The van der Waals surface area contributed by atoms with Gasteiger partial charge in [0.25, 0.3) is 0 Å². The van der Waals surface area contributed by atoms with E-state index in [0.29, 0.717) is 11.4 Å². The van der Waals surface area contributed by atoms with Crippen LogP contribution in [-0.2, 0) is 10.2 Å². The second-order valence-electron chi connectivity index (χ2n) is 6.91. The molecule has 1 amide bonds. The van der Waals surface area contributed by atoms with E-state index < -0.39 is 11.0 Å². The SMILES string of the molecule is C[C@H]1C[C@@]2(C[C@@H](C3(C)C=NN=N3)N1)C(=O)Nc1cc(Cl)ccc12. The molecule has 1 aromatic carbocycles. The summed E-state index contributed by atoms with van der Waals surface area (Å²) in [4.78, 5) is 12.9. The fraction of sp³-hybridized carbons (Fsp3) is 0.500. The van der Waals surface area contributed by atoms with Crippen LogP contribution in [0.25, 0.3) is 0 Å². The number of halogens is 1. The summed E-state index contributed by atoms with van der Waals surface area (Å²) in [6, 6.07) is 5.82. The monoisotopic (exact) mass is 331 g/mol. The molecule has 1 unspecified atom stereocenters. The molecule has 6 nitrogen and oxygen atoms in total. The van der Waals surface area contributed by atoms with Crippen LogP contribution < -0.4 is 10.6 Å². The molecular weight excluding hydrogens is 314 g/mol. The first-order valence-corrected chi connectivity index (χ1v) is 8.15. The van der Waals surface area contributed by atoms with Gasteiger partial charge in [-0.25, -0.2) is 0 Å². The van der Waals surface area contributed by atoms with Gasteiger partial charge in [0.1, 0.15) is 5.54 Å². The van der Waals surface area contributed by atoms with Crippen LogP contribution in [0.1, 0.15) is 32.3 Å². The van der Waals surface area contributed by atoms with E-state index >= 15 is 0 Å². The van der Waals surface area contributed by atoms with E-state index in [2.05, 4.69) is 33.0 Å². The lowest BCUT2D eigenvalue weighted by atomic mass is 9.67. The molecule has 3 aliphatic rings. The third kappa shape index (κ3) is 2.12. The predicted molar refractivity (Wildman–Crippen MR) is 89.1 cm³/mol. The molecular formula is C16H18ClN5O. The Balaban J connectivity index is 1.77. The van der Waals surface area contributed by atoms with Gasteiger partial charge < -0.3 is 10.6 Å². The Morgan fingerprint density at radius 2 is 2.17 bits per heavy atom. The number of hydrogen-bond acceptors (Lipinski definition) is 5. The van der Waals surface area contributed by atoms with Gasteiger partial charge >= 0.3 is 0 Å². The Morgan fingerprint density at radius 1 is 1.35 bits per heavy atom. The van der Waals surface area contributed by atoms with Crippen molar-refractivity contribution in [3.05, 3.63) is 28.8 Å². The largest absolute Gasteiger partial charge is 0.325 e. The standard InChI is InChI=1S/C16H18ClN5O/c1-9-6-16(7-13(19-9)15(2)8-18-22-21-15)11-4-3-10(17)5-12(11)20-14(16)23/h3-5,8-9,13,19H,6-7H2,1-2H3,(H,20,23)/t9-,13-,15?,16-/m0/s1. The molecule has 0 radical (unpaired) electrons. The van der Waals surface area contributed by atoms with Crippen molar-refractivity contribution in [2.45, 2.75) is 49.7 Å². The van der Waals surface area contributed by atoms with Gasteiger partial charge in [-0.1, -0.05) is 17.7 Å². The summed E-state index contributed by atoms with van der Waals surface area (Å²) in [5.41, 5.74) is 0.782. The Morgan fingerprint density at radius 3 is 2.91 bits per heavy atom. The number of fused-ring (bicyclic) bond motifs is 2. The van der Waals surface area contributed by atoms with Crippen molar-refractivity contribution in [1.29, 1.82) is 0 Å². The van der Waals surface area contributed by atoms with E-state index in [0.717, 1.165) is 17.7 Å². The van der Waals surface area contributed by atoms with Crippen LogP contribution in [0, 0.1) is 0 Å². The van der Waals surface area contributed by atoms with Gasteiger partial charge in [0.15, 0.2) is 0 Å². The summed E-state index contributed by atoms with van der Waals surface area (Å²) >= 11 is 6.07. The summed E-state index contributed by atoms with van der Waals surface area (Å²) < 4.78 is 0. The first-order chi connectivity index (χ1) is 10.9. The van der Waals surface area contributed by atoms with Gasteiger partial charge in [-0.05, 0) is 49.6 Å². The van der Waals surface area contributed by atoms with Crippen molar-refractivity contribution in [2.75, 3.05) is 5.32 Å². The molecule has 0 aromatic heterocycles. The predicted octanol–water partition coefficient (Wildman–Crippen LogP) is 2.88. The minimum Gasteiger partial charge on any atom is -0.325 e. The van der Waals surface area contributed by atoms with Gasteiger partial charge in [-0.2, -0.15) is 5.11 Å². The normalized spacial score (nSPS) is 38.1. The molecule has 2 N–H and O–H groups in total. The Kier molecular flexibility index (Phi) is 3.12. The number of amides is 1. The van der Waals surface area contributed by atoms with E-state index in [-0.39, 0.29) is 18.0 Å². The fourth-order valence-electron chi connectivity index (χ4n) is 4.05. The minimum absolute atomic E-state index is 0.00590. The van der Waals surface area contributed by atoms with E-state index in [9.17, 15) is 4.79 Å². The fourth-order valence-corrected chi connectivity index (χ4v) is 4.22. The van der Waals surface area contributed by atoms with E-state index in [1.165, 1.54) is 0 Å². The molecule has 1 saturated heterocycles. The highest BCUT2D eigenvalue weighted by Gasteiger charge is 2.54. The summed E-state index contributed by atoms with van der Waals surface area (Å²) in [5.74, 6) is 0.0450. The molecule has 23 heavy (non-hydrogen) atoms. The van der Waals surface area contributed by atoms with Gasteiger partial charge in [-0.3, -0.25) is 4.79 Å². The van der Waals surface area contributed by atoms with Crippen molar-refractivity contribution < 1.29 is 4.79 Å². The van der Waals surface area contributed by atoms with Crippen molar-refractivity contribution >= 4 is 29.4 Å². The quantitative estimate of drug-likeness (QED) is 0.830. The number of nitrogens with one attached hydrogen (secondary N) is 2. The van der Waals surface area contributed by atoms with Crippen LogP contribution >= 0.6 is 11.6 Å².